The molecule has 174 valence electrons. The standard InChI is InChI=1S/C26H37N3O3/c1-16-5-6-20(12-21(16)29-23(31)25(2,3)4)28-22(30)7-8-27-24(32)26-13-17-9-18(14-26)11-19(10-17)15-26/h5-6,12,17-19H,7-11,13-15H2,1-4H3,(H,27,32)(H,28,30)(H,29,31). The van der Waals surface area contributed by atoms with Gasteiger partial charge in [0.1, 0.15) is 0 Å². The minimum Gasteiger partial charge on any atom is -0.355 e. The summed E-state index contributed by atoms with van der Waals surface area (Å²) >= 11 is 0. The Hall–Kier alpha value is -2.37. The van der Waals surface area contributed by atoms with Crippen molar-refractivity contribution in [2.24, 2.45) is 28.6 Å². The highest BCUT2D eigenvalue weighted by Crippen LogP contribution is 2.60. The van der Waals surface area contributed by atoms with E-state index in [1.165, 1.54) is 19.3 Å². The van der Waals surface area contributed by atoms with Gasteiger partial charge in [0.25, 0.3) is 0 Å². The summed E-state index contributed by atoms with van der Waals surface area (Å²) in [7, 11) is 0. The van der Waals surface area contributed by atoms with E-state index in [4.69, 9.17) is 0 Å². The zero-order valence-electron chi connectivity index (χ0n) is 19.8. The Morgan fingerprint density at radius 1 is 0.969 bits per heavy atom. The highest BCUT2D eigenvalue weighted by molar-refractivity contribution is 5.97. The van der Waals surface area contributed by atoms with Gasteiger partial charge in [0.2, 0.25) is 17.7 Å². The number of benzene rings is 1. The summed E-state index contributed by atoms with van der Waals surface area (Å²) in [6.45, 7) is 7.86. The van der Waals surface area contributed by atoms with Gasteiger partial charge in [-0.25, -0.2) is 0 Å². The molecule has 1 aromatic rings. The van der Waals surface area contributed by atoms with Crippen LogP contribution in [-0.4, -0.2) is 24.3 Å². The second kappa shape index (κ2) is 8.53. The molecule has 0 saturated heterocycles. The number of hydrogen-bond donors (Lipinski definition) is 3. The van der Waals surface area contributed by atoms with Crippen molar-refractivity contribution in [3.8, 4) is 0 Å². The van der Waals surface area contributed by atoms with Crippen LogP contribution in [0.4, 0.5) is 11.4 Å². The molecule has 4 saturated carbocycles. The fourth-order valence-corrected chi connectivity index (χ4v) is 6.23. The van der Waals surface area contributed by atoms with E-state index in [1.807, 2.05) is 39.8 Å². The van der Waals surface area contributed by atoms with Crippen molar-refractivity contribution < 1.29 is 14.4 Å². The minimum absolute atomic E-state index is 0.0727. The zero-order chi connectivity index (χ0) is 23.1. The Morgan fingerprint density at radius 3 is 2.12 bits per heavy atom. The molecule has 1 aromatic carbocycles. The fourth-order valence-electron chi connectivity index (χ4n) is 6.23. The van der Waals surface area contributed by atoms with E-state index in [0.29, 0.717) is 17.9 Å². The largest absolute Gasteiger partial charge is 0.355 e. The van der Waals surface area contributed by atoms with Crippen molar-refractivity contribution in [1.29, 1.82) is 0 Å². The summed E-state index contributed by atoms with van der Waals surface area (Å²) in [6.07, 6.45) is 7.25. The molecule has 4 aliphatic carbocycles. The zero-order valence-corrected chi connectivity index (χ0v) is 19.8. The third kappa shape index (κ3) is 4.84. The minimum atomic E-state index is -0.499. The van der Waals surface area contributed by atoms with Gasteiger partial charge in [0, 0.05) is 35.2 Å². The van der Waals surface area contributed by atoms with Crippen LogP contribution in [0.1, 0.15) is 71.3 Å². The highest BCUT2D eigenvalue weighted by atomic mass is 16.2. The predicted molar refractivity (Wildman–Crippen MR) is 126 cm³/mol. The Balaban J connectivity index is 1.28. The number of carbonyl (C=O) groups excluding carboxylic acids is 3. The van der Waals surface area contributed by atoms with E-state index in [-0.39, 0.29) is 29.6 Å². The second-order valence-electron chi connectivity index (χ2n) is 11.5. The quantitative estimate of drug-likeness (QED) is 0.603. The summed E-state index contributed by atoms with van der Waals surface area (Å²) in [5.74, 6) is 2.12. The van der Waals surface area contributed by atoms with Crippen molar-refractivity contribution in [1.82, 2.24) is 5.32 Å². The van der Waals surface area contributed by atoms with Crippen LogP contribution < -0.4 is 16.0 Å². The van der Waals surface area contributed by atoms with Gasteiger partial charge in [0.05, 0.1) is 0 Å². The van der Waals surface area contributed by atoms with E-state index < -0.39 is 5.41 Å². The van der Waals surface area contributed by atoms with Crippen LogP contribution in [0, 0.1) is 35.5 Å². The molecule has 6 heteroatoms. The maximum atomic E-state index is 13.0. The lowest BCUT2D eigenvalue weighted by atomic mass is 9.49. The number of anilines is 2. The number of amides is 3. The predicted octanol–water partition coefficient (Wildman–Crippen LogP) is 4.64. The average Bonchev–Trinajstić information content (AvgIpc) is 2.68. The van der Waals surface area contributed by atoms with Gasteiger partial charge >= 0.3 is 0 Å². The molecule has 4 fully saturated rings. The van der Waals surface area contributed by atoms with Crippen LogP contribution in [0.3, 0.4) is 0 Å². The van der Waals surface area contributed by atoms with Crippen LogP contribution in [0.15, 0.2) is 18.2 Å². The first-order valence-corrected chi connectivity index (χ1v) is 12.0. The van der Waals surface area contributed by atoms with E-state index in [9.17, 15) is 14.4 Å². The fraction of sp³-hybridized carbons (Fsp3) is 0.654. The summed E-state index contributed by atoms with van der Waals surface area (Å²) in [6, 6.07) is 5.49. The smallest absolute Gasteiger partial charge is 0.229 e. The average molecular weight is 440 g/mol. The van der Waals surface area contributed by atoms with Gasteiger partial charge in [0.15, 0.2) is 0 Å². The molecule has 4 aliphatic rings. The Labute approximate surface area is 191 Å². The first-order valence-electron chi connectivity index (χ1n) is 12.0. The lowest BCUT2D eigenvalue weighted by Crippen LogP contribution is -2.53. The van der Waals surface area contributed by atoms with Gasteiger partial charge in [-0.15, -0.1) is 0 Å². The molecule has 5 rings (SSSR count). The molecule has 0 radical (unpaired) electrons. The summed E-state index contributed by atoms with van der Waals surface area (Å²) in [4.78, 5) is 37.8. The van der Waals surface area contributed by atoms with Gasteiger partial charge in [-0.2, -0.15) is 0 Å². The third-order valence-electron chi connectivity index (χ3n) is 7.61. The number of aryl methyl sites for hydroxylation is 1. The number of nitrogens with one attached hydrogen (secondary N) is 3. The van der Waals surface area contributed by atoms with Gasteiger partial charge in [-0.1, -0.05) is 26.8 Å². The van der Waals surface area contributed by atoms with Crippen molar-refractivity contribution in [3.63, 3.8) is 0 Å². The Morgan fingerprint density at radius 2 is 1.56 bits per heavy atom. The van der Waals surface area contributed by atoms with Crippen LogP contribution in [-0.2, 0) is 14.4 Å². The number of rotatable bonds is 6. The monoisotopic (exact) mass is 439 g/mol. The lowest BCUT2D eigenvalue weighted by Gasteiger charge is -2.55. The lowest BCUT2D eigenvalue weighted by molar-refractivity contribution is -0.146. The maximum absolute atomic E-state index is 13.0. The van der Waals surface area contributed by atoms with E-state index in [1.54, 1.807) is 6.07 Å². The molecule has 0 unspecified atom stereocenters. The van der Waals surface area contributed by atoms with Gasteiger partial charge < -0.3 is 16.0 Å². The first kappa shape index (κ1) is 22.8. The second-order valence-corrected chi connectivity index (χ2v) is 11.5. The van der Waals surface area contributed by atoms with Crippen molar-refractivity contribution >= 4 is 29.1 Å². The SMILES string of the molecule is Cc1ccc(NC(=O)CCNC(=O)C23CC4CC(CC(C4)C2)C3)cc1NC(=O)C(C)(C)C. The van der Waals surface area contributed by atoms with Crippen LogP contribution in [0.2, 0.25) is 0 Å². The molecule has 4 bridgehead atoms. The summed E-state index contributed by atoms with van der Waals surface area (Å²) in [5, 5.41) is 8.89. The molecule has 0 heterocycles. The van der Waals surface area contributed by atoms with Crippen LogP contribution >= 0.6 is 0 Å². The highest BCUT2D eigenvalue weighted by Gasteiger charge is 2.54. The topological polar surface area (TPSA) is 87.3 Å². The molecule has 0 atom stereocenters. The van der Waals surface area contributed by atoms with E-state index >= 15 is 0 Å². The first-order chi connectivity index (χ1) is 15.0. The molecular weight excluding hydrogens is 402 g/mol. The van der Waals surface area contributed by atoms with Gasteiger partial charge in [-0.05, 0) is 80.9 Å². The van der Waals surface area contributed by atoms with Crippen LogP contribution in [0.25, 0.3) is 0 Å². The summed E-state index contributed by atoms with van der Waals surface area (Å²) < 4.78 is 0. The normalized spacial score (nSPS) is 28.3. The van der Waals surface area contributed by atoms with Crippen molar-refractivity contribution in [2.45, 2.75) is 72.6 Å². The Kier molecular flexibility index (Phi) is 6.08. The molecule has 0 aliphatic heterocycles. The number of carbonyl (C=O) groups is 3. The summed E-state index contributed by atoms with van der Waals surface area (Å²) in [5.41, 5.74) is 1.58. The van der Waals surface area contributed by atoms with E-state index in [2.05, 4.69) is 16.0 Å². The van der Waals surface area contributed by atoms with Gasteiger partial charge in [-0.3, -0.25) is 14.4 Å². The Bertz CT molecular complexity index is 880. The molecule has 0 aromatic heterocycles. The third-order valence-corrected chi connectivity index (χ3v) is 7.61. The molecule has 3 amide bonds. The van der Waals surface area contributed by atoms with E-state index in [0.717, 1.165) is 42.6 Å². The van der Waals surface area contributed by atoms with Crippen LogP contribution in [0.5, 0.6) is 0 Å². The molecule has 32 heavy (non-hydrogen) atoms. The van der Waals surface area contributed by atoms with Crippen molar-refractivity contribution in [2.75, 3.05) is 17.2 Å². The van der Waals surface area contributed by atoms with Crippen molar-refractivity contribution in [3.05, 3.63) is 23.8 Å². The molecule has 6 nitrogen and oxygen atoms in total. The maximum Gasteiger partial charge on any atom is 0.229 e. The number of hydrogen-bond acceptors (Lipinski definition) is 3. The molecule has 3 N–H and O–H groups in total. The molecular formula is C26H37N3O3. The molecule has 0 spiro atoms.